The van der Waals surface area contributed by atoms with Gasteiger partial charge in [-0.1, -0.05) is 36.4 Å². The van der Waals surface area contributed by atoms with E-state index in [4.69, 9.17) is 14.2 Å². The average Bonchev–Trinajstić information content (AvgIpc) is 2.72. The summed E-state index contributed by atoms with van der Waals surface area (Å²) in [6.07, 6.45) is -8.93. The van der Waals surface area contributed by atoms with Gasteiger partial charge in [0.05, 0.1) is 26.4 Å². The van der Waals surface area contributed by atoms with E-state index < -0.39 is 62.7 Å². The van der Waals surface area contributed by atoms with Crippen molar-refractivity contribution in [3.8, 4) is 0 Å². The lowest BCUT2D eigenvalue weighted by Crippen LogP contribution is -2.23. The highest BCUT2D eigenvalue weighted by Crippen LogP contribution is 2.16. The van der Waals surface area contributed by atoms with Crippen LogP contribution in [-0.2, 0) is 27.4 Å². The van der Waals surface area contributed by atoms with Crippen LogP contribution in [0.4, 0.5) is 26.3 Å². The van der Waals surface area contributed by atoms with Crippen LogP contribution in [0.15, 0.2) is 48.5 Å². The second-order valence-corrected chi connectivity index (χ2v) is 6.83. The number of benzene rings is 2. The van der Waals surface area contributed by atoms with Gasteiger partial charge in [0.15, 0.2) is 0 Å². The molecular formula is C22H24F6O3. The molecule has 0 heterocycles. The van der Waals surface area contributed by atoms with Crippen molar-refractivity contribution in [3.05, 3.63) is 71.3 Å². The Morgan fingerprint density at radius 2 is 1.00 bits per heavy atom. The largest absolute Gasteiger partial charge is 0.375 e. The first-order valence-corrected chi connectivity index (χ1v) is 9.69. The molecule has 0 aliphatic rings. The molecule has 4 unspecified atom stereocenters. The third-order valence-corrected chi connectivity index (χ3v) is 4.23. The molecule has 2 aromatic rings. The topological polar surface area (TPSA) is 27.7 Å². The van der Waals surface area contributed by atoms with Crippen LogP contribution in [0.1, 0.15) is 24.0 Å². The summed E-state index contributed by atoms with van der Waals surface area (Å²) in [5, 5.41) is 0. The Kier molecular flexibility index (Phi) is 10.8. The summed E-state index contributed by atoms with van der Waals surface area (Å²) in [5.41, 5.74) is 0.269. The van der Waals surface area contributed by atoms with Crippen molar-refractivity contribution >= 4 is 0 Å². The van der Waals surface area contributed by atoms with Crippen molar-refractivity contribution in [1.82, 2.24) is 0 Å². The summed E-state index contributed by atoms with van der Waals surface area (Å²) >= 11 is 0. The van der Waals surface area contributed by atoms with E-state index in [-0.39, 0.29) is 24.3 Å². The van der Waals surface area contributed by atoms with Crippen molar-refractivity contribution in [2.24, 2.45) is 0 Å². The molecule has 0 aliphatic heterocycles. The van der Waals surface area contributed by atoms with Gasteiger partial charge in [-0.2, -0.15) is 0 Å². The van der Waals surface area contributed by atoms with Crippen molar-refractivity contribution in [1.29, 1.82) is 0 Å². The van der Waals surface area contributed by atoms with Crippen LogP contribution in [0.25, 0.3) is 0 Å². The molecule has 0 saturated heterocycles. The molecule has 31 heavy (non-hydrogen) atoms. The predicted molar refractivity (Wildman–Crippen MR) is 102 cm³/mol. The van der Waals surface area contributed by atoms with E-state index >= 15 is 0 Å². The molecular weight excluding hydrogens is 426 g/mol. The highest BCUT2D eigenvalue weighted by molar-refractivity contribution is 5.16. The summed E-state index contributed by atoms with van der Waals surface area (Å²) in [7, 11) is 0. The van der Waals surface area contributed by atoms with E-state index in [1.165, 1.54) is 36.4 Å². The van der Waals surface area contributed by atoms with Crippen LogP contribution in [0, 0.1) is 11.6 Å². The van der Waals surface area contributed by atoms with E-state index in [0.29, 0.717) is 0 Å². The second-order valence-electron chi connectivity index (χ2n) is 6.83. The predicted octanol–water partition coefficient (Wildman–Crippen LogP) is 5.76. The van der Waals surface area contributed by atoms with Crippen LogP contribution in [0.2, 0.25) is 0 Å². The van der Waals surface area contributed by atoms with Crippen LogP contribution >= 0.6 is 0 Å². The van der Waals surface area contributed by atoms with Crippen molar-refractivity contribution in [2.45, 2.75) is 51.1 Å². The maximum atomic E-state index is 13.7. The van der Waals surface area contributed by atoms with E-state index in [1.54, 1.807) is 12.1 Å². The zero-order valence-electron chi connectivity index (χ0n) is 16.7. The Labute approximate surface area is 176 Å². The van der Waals surface area contributed by atoms with Crippen LogP contribution in [-0.4, -0.2) is 38.3 Å². The molecule has 0 fully saturated rings. The molecule has 172 valence electrons. The molecule has 0 aromatic heterocycles. The number of rotatable bonds is 14. The smallest absolute Gasteiger partial charge is 0.201 e. The number of hydrogen-bond acceptors (Lipinski definition) is 3. The van der Waals surface area contributed by atoms with Crippen molar-refractivity contribution in [2.75, 3.05) is 13.2 Å². The number of alkyl halides is 4. The molecule has 0 aliphatic carbocycles. The van der Waals surface area contributed by atoms with Gasteiger partial charge in [0, 0.05) is 24.0 Å². The van der Waals surface area contributed by atoms with E-state index in [9.17, 15) is 26.3 Å². The summed E-state index contributed by atoms with van der Waals surface area (Å²) in [6, 6.07) is 11.3. The Balaban J connectivity index is 1.57. The lowest BCUT2D eigenvalue weighted by molar-refractivity contribution is -0.0832. The van der Waals surface area contributed by atoms with E-state index in [0.717, 1.165) is 0 Å². The summed E-state index contributed by atoms with van der Waals surface area (Å²) in [4.78, 5) is 0. The SMILES string of the molecule is Fc1ccccc1COC(F)CC(F)COCC(F)CC(F)OCc1ccccc1F. The number of halogens is 6. The minimum atomic E-state index is -2.00. The molecule has 0 N–H and O–H groups in total. The Hall–Kier alpha value is -2.10. The molecule has 0 spiro atoms. The van der Waals surface area contributed by atoms with Gasteiger partial charge in [-0.15, -0.1) is 0 Å². The lowest BCUT2D eigenvalue weighted by Gasteiger charge is -2.16. The van der Waals surface area contributed by atoms with Gasteiger partial charge < -0.3 is 14.2 Å². The van der Waals surface area contributed by atoms with Gasteiger partial charge in [0.25, 0.3) is 0 Å². The minimum absolute atomic E-state index is 0.134. The van der Waals surface area contributed by atoms with Crippen LogP contribution in [0.5, 0.6) is 0 Å². The minimum Gasteiger partial charge on any atom is -0.375 e. The number of ether oxygens (including phenoxy) is 3. The van der Waals surface area contributed by atoms with Gasteiger partial charge in [-0.25, -0.2) is 26.3 Å². The third kappa shape index (κ3) is 9.71. The molecule has 9 heteroatoms. The lowest BCUT2D eigenvalue weighted by atomic mass is 10.2. The molecule has 0 saturated carbocycles. The fraction of sp³-hybridized carbons (Fsp3) is 0.455. The Morgan fingerprint density at radius 3 is 1.39 bits per heavy atom. The summed E-state index contributed by atoms with van der Waals surface area (Å²) in [6.45, 7) is -1.95. The Bertz CT molecular complexity index is 715. The van der Waals surface area contributed by atoms with Crippen LogP contribution < -0.4 is 0 Å². The number of hydrogen-bond donors (Lipinski definition) is 0. The Morgan fingerprint density at radius 1 is 0.613 bits per heavy atom. The first-order chi connectivity index (χ1) is 14.8. The standard InChI is InChI=1S/C22H24F6O3/c23-17(9-21(27)30-11-15-5-1-3-7-19(15)25)13-29-14-18(24)10-22(28)31-12-16-6-2-4-8-20(16)26/h1-8,17-18,21-22H,9-14H2. The normalized spacial score (nSPS) is 15.4. The highest BCUT2D eigenvalue weighted by atomic mass is 19.2. The summed E-state index contributed by atoms with van der Waals surface area (Å²) < 4.78 is 96.0. The second kappa shape index (κ2) is 13.3. The van der Waals surface area contributed by atoms with Gasteiger partial charge in [-0.05, 0) is 12.1 Å². The molecule has 2 aromatic carbocycles. The molecule has 0 amide bonds. The van der Waals surface area contributed by atoms with Gasteiger partial charge in [-0.3, -0.25) is 0 Å². The van der Waals surface area contributed by atoms with Crippen LogP contribution in [0.3, 0.4) is 0 Å². The van der Waals surface area contributed by atoms with E-state index in [2.05, 4.69) is 0 Å². The fourth-order valence-electron chi connectivity index (χ4n) is 2.59. The van der Waals surface area contributed by atoms with Crippen molar-refractivity contribution in [3.63, 3.8) is 0 Å². The van der Waals surface area contributed by atoms with Gasteiger partial charge in [0.1, 0.15) is 24.0 Å². The molecule has 0 radical (unpaired) electrons. The van der Waals surface area contributed by atoms with E-state index in [1.807, 2.05) is 0 Å². The fourth-order valence-corrected chi connectivity index (χ4v) is 2.59. The third-order valence-electron chi connectivity index (χ3n) is 4.23. The van der Waals surface area contributed by atoms with Gasteiger partial charge in [0.2, 0.25) is 12.7 Å². The molecule has 4 atom stereocenters. The van der Waals surface area contributed by atoms with Crippen molar-refractivity contribution < 1.29 is 40.6 Å². The molecule has 2 rings (SSSR count). The zero-order valence-corrected chi connectivity index (χ0v) is 16.7. The first-order valence-electron chi connectivity index (χ1n) is 9.69. The maximum Gasteiger partial charge on any atom is 0.201 e. The zero-order chi connectivity index (χ0) is 22.6. The average molecular weight is 450 g/mol. The summed E-state index contributed by atoms with van der Waals surface area (Å²) in [5.74, 6) is -1.12. The molecule has 3 nitrogen and oxygen atoms in total. The highest BCUT2D eigenvalue weighted by Gasteiger charge is 2.20. The quantitative estimate of drug-likeness (QED) is 0.343. The van der Waals surface area contributed by atoms with Gasteiger partial charge >= 0.3 is 0 Å². The first kappa shape index (κ1) is 25.2. The monoisotopic (exact) mass is 450 g/mol. The maximum absolute atomic E-state index is 13.7. The molecule has 0 bridgehead atoms.